The Morgan fingerprint density at radius 1 is 1.05 bits per heavy atom. The number of aryl methyl sites for hydroxylation is 2. The quantitative estimate of drug-likeness (QED) is 0.876. The fourth-order valence-electron chi connectivity index (χ4n) is 2.55. The van der Waals surface area contributed by atoms with Crippen molar-refractivity contribution in [2.24, 2.45) is 5.73 Å². The highest BCUT2D eigenvalue weighted by atomic mass is 15.3. The Bertz CT molecular complexity index is 567. The molecule has 21 heavy (non-hydrogen) atoms. The maximum Gasteiger partial charge on any atom is 0.0624 e. The summed E-state index contributed by atoms with van der Waals surface area (Å²) >= 11 is 0. The van der Waals surface area contributed by atoms with Gasteiger partial charge in [-0.05, 0) is 36.0 Å². The third-order valence-corrected chi connectivity index (χ3v) is 4.04. The first-order chi connectivity index (χ1) is 10.0. The zero-order valence-corrected chi connectivity index (χ0v) is 13.6. The van der Waals surface area contributed by atoms with Gasteiger partial charge in [-0.3, -0.25) is 4.68 Å². The third-order valence-electron chi connectivity index (χ3n) is 4.04. The van der Waals surface area contributed by atoms with Gasteiger partial charge >= 0.3 is 0 Å². The molecule has 1 aromatic heterocycles. The topological polar surface area (TPSA) is 43.8 Å². The third kappa shape index (κ3) is 3.73. The van der Waals surface area contributed by atoms with Crippen LogP contribution in [0.3, 0.4) is 0 Å². The minimum absolute atomic E-state index is 0.0129. The molecule has 0 saturated heterocycles. The molecule has 0 saturated carbocycles. The predicted octanol–water partition coefficient (Wildman–Crippen LogP) is 3.83. The van der Waals surface area contributed by atoms with E-state index < -0.39 is 0 Å². The van der Waals surface area contributed by atoms with Gasteiger partial charge in [0.05, 0.1) is 12.2 Å². The summed E-state index contributed by atoms with van der Waals surface area (Å²) in [4.78, 5) is 0. The lowest BCUT2D eigenvalue weighted by Crippen LogP contribution is -2.20. The van der Waals surface area contributed by atoms with Gasteiger partial charge in [-0.1, -0.05) is 52.0 Å². The van der Waals surface area contributed by atoms with Gasteiger partial charge in [-0.15, -0.1) is 0 Å². The van der Waals surface area contributed by atoms with Gasteiger partial charge in [0.1, 0.15) is 0 Å². The number of hydrogen-bond acceptors (Lipinski definition) is 2. The Labute approximate surface area is 128 Å². The van der Waals surface area contributed by atoms with Crippen LogP contribution in [0.2, 0.25) is 0 Å². The van der Waals surface area contributed by atoms with Crippen molar-refractivity contribution in [3.05, 3.63) is 52.8 Å². The summed E-state index contributed by atoms with van der Waals surface area (Å²) in [6.45, 7) is 9.45. The van der Waals surface area contributed by atoms with Gasteiger partial charge in [0.25, 0.3) is 0 Å². The molecule has 3 heteroatoms. The first-order valence-corrected chi connectivity index (χ1v) is 7.96. The first-order valence-electron chi connectivity index (χ1n) is 7.96. The lowest BCUT2D eigenvalue weighted by molar-refractivity contribution is 0.507. The number of rotatable bonds is 6. The fourth-order valence-corrected chi connectivity index (χ4v) is 2.55. The van der Waals surface area contributed by atoms with Crippen molar-refractivity contribution < 1.29 is 0 Å². The van der Waals surface area contributed by atoms with Gasteiger partial charge < -0.3 is 5.73 Å². The second kappa shape index (κ2) is 6.90. The predicted molar refractivity (Wildman–Crippen MR) is 88.4 cm³/mol. The summed E-state index contributed by atoms with van der Waals surface area (Å²) in [6, 6.07) is 10.8. The summed E-state index contributed by atoms with van der Waals surface area (Å²) in [7, 11) is 0. The minimum Gasteiger partial charge on any atom is -0.322 e. The molecule has 1 heterocycles. The van der Waals surface area contributed by atoms with E-state index in [0.717, 1.165) is 25.1 Å². The molecule has 1 unspecified atom stereocenters. The lowest BCUT2D eigenvalue weighted by Gasteiger charge is -2.15. The van der Waals surface area contributed by atoms with Crippen molar-refractivity contribution in [2.75, 3.05) is 0 Å². The average Bonchev–Trinajstić information content (AvgIpc) is 2.89. The largest absolute Gasteiger partial charge is 0.322 e. The Morgan fingerprint density at radius 3 is 2.19 bits per heavy atom. The number of aromatic nitrogens is 2. The molecule has 2 rings (SSSR count). The van der Waals surface area contributed by atoms with E-state index in [1.807, 2.05) is 0 Å². The molecular weight excluding hydrogens is 258 g/mol. The van der Waals surface area contributed by atoms with Crippen LogP contribution in [-0.2, 0) is 19.4 Å². The maximum absolute atomic E-state index is 6.37. The van der Waals surface area contributed by atoms with Gasteiger partial charge in [0.15, 0.2) is 0 Å². The van der Waals surface area contributed by atoms with E-state index >= 15 is 0 Å². The van der Waals surface area contributed by atoms with Crippen molar-refractivity contribution in [3.63, 3.8) is 0 Å². The maximum atomic E-state index is 6.37. The van der Waals surface area contributed by atoms with E-state index in [1.54, 1.807) is 0 Å². The number of nitrogens with zero attached hydrogens (tertiary/aromatic N) is 2. The van der Waals surface area contributed by atoms with Crippen molar-refractivity contribution in [1.82, 2.24) is 9.78 Å². The molecule has 0 bridgehead atoms. The summed E-state index contributed by atoms with van der Waals surface area (Å²) in [5.74, 6) is 0.556. The molecule has 1 atom stereocenters. The molecule has 0 fully saturated rings. The molecule has 3 nitrogen and oxygen atoms in total. The van der Waals surface area contributed by atoms with E-state index in [0.29, 0.717) is 5.92 Å². The molecule has 114 valence electrons. The number of nitrogens with two attached hydrogens (primary N) is 1. The highest BCUT2D eigenvalue weighted by Crippen LogP contribution is 2.19. The van der Waals surface area contributed by atoms with Gasteiger partial charge in [0, 0.05) is 11.7 Å². The van der Waals surface area contributed by atoms with E-state index in [-0.39, 0.29) is 6.04 Å². The lowest BCUT2D eigenvalue weighted by atomic mass is 9.99. The second-order valence-electron chi connectivity index (χ2n) is 5.94. The van der Waals surface area contributed by atoms with Crippen LogP contribution < -0.4 is 5.73 Å². The summed E-state index contributed by atoms with van der Waals surface area (Å²) in [5, 5.41) is 4.65. The van der Waals surface area contributed by atoms with Crippen LogP contribution in [0.25, 0.3) is 0 Å². The average molecular weight is 285 g/mol. The monoisotopic (exact) mass is 285 g/mol. The van der Waals surface area contributed by atoms with Crippen molar-refractivity contribution >= 4 is 0 Å². The van der Waals surface area contributed by atoms with Crippen molar-refractivity contribution in [3.8, 4) is 0 Å². The van der Waals surface area contributed by atoms with E-state index in [1.165, 1.54) is 16.8 Å². The molecule has 0 aliphatic carbocycles. The molecule has 0 amide bonds. The SMILES string of the molecule is CCc1cc(CC)n(CC(N)c2ccc(C(C)C)cc2)n1. The Kier molecular flexibility index (Phi) is 5.18. The number of benzene rings is 1. The molecule has 2 aromatic rings. The molecule has 0 aliphatic rings. The van der Waals surface area contributed by atoms with E-state index in [2.05, 4.69) is 67.8 Å². The fraction of sp³-hybridized carbons (Fsp3) is 0.500. The molecule has 1 aromatic carbocycles. The highest BCUT2D eigenvalue weighted by Gasteiger charge is 2.12. The van der Waals surface area contributed by atoms with Crippen LogP contribution in [0.4, 0.5) is 0 Å². The Morgan fingerprint density at radius 2 is 1.67 bits per heavy atom. The van der Waals surface area contributed by atoms with E-state index in [4.69, 9.17) is 5.73 Å². The molecule has 2 N–H and O–H groups in total. The minimum atomic E-state index is -0.0129. The van der Waals surface area contributed by atoms with Crippen LogP contribution in [0.1, 0.15) is 62.2 Å². The summed E-state index contributed by atoms with van der Waals surface area (Å²) in [5.41, 5.74) is 11.3. The molecular formula is C18H27N3. The normalized spacial score (nSPS) is 12.9. The summed E-state index contributed by atoms with van der Waals surface area (Å²) in [6.07, 6.45) is 1.96. The molecule has 0 spiro atoms. The molecule has 0 radical (unpaired) electrons. The van der Waals surface area contributed by atoms with Crippen molar-refractivity contribution in [2.45, 2.75) is 59.0 Å². The smallest absolute Gasteiger partial charge is 0.0624 e. The zero-order chi connectivity index (χ0) is 15.4. The van der Waals surface area contributed by atoms with Crippen LogP contribution in [0.5, 0.6) is 0 Å². The van der Waals surface area contributed by atoms with Crippen LogP contribution in [0.15, 0.2) is 30.3 Å². The standard InChI is InChI=1S/C18H27N3/c1-5-16-11-17(6-2)21(20-16)12-18(19)15-9-7-14(8-10-15)13(3)4/h7-11,13,18H,5-6,12,19H2,1-4H3. The first kappa shape index (κ1) is 15.8. The van der Waals surface area contributed by atoms with E-state index in [9.17, 15) is 0 Å². The Balaban J connectivity index is 2.13. The molecule has 0 aliphatic heterocycles. The second-order valence-corrected chi connectivity index (χ2v) is 5.94. The van der Waals surface area contributed by atoms with Crippen LogP contribution in [0, 0.1) is 0 Å². The van der Waals surface area contributed by atoms with Gasteiger partial charge in [-0.2, -0.15) is 5.10 Å². The Hall–Kier alpha value is -1.61. The van der Waals surface area contributed by atoms with Gasteiger partial charge in [-0.25, -0.2) is 0 Å². The van der Waals surface area contributed by atoms with Gasteiger partial charge in [0.2, 0.25) is 0 Å². The van der Waals surface area contributed by atoms with Crippen LogP contribution in [-0.4, -0.2) is 9.78 Å². The van der Waals surface area contributed by atoms with Crippen LogP contribution >= 0.6 is 0 Å². The summed E-state index contributed by atoms with van der Waals surface area (Å²) < 4.78 is 2.07. The zero-order valence-electron chi connectivity index (χ0n) is 13.6. The highest BCUT2D eigenvalue weighted by molar-refractivity contribution is 5.26. The van der Waals surface area contributed by atoms with Crippen molar-refractivity contribution in [1.29, 1.82) is 0 Å². The number of hydrogen-bond donors (Lipinski definition) is 1.